The Balaban J connectivity index is 1.83. The highest BCUT2D eigenvalue weighted by atomic mass is 19.1. The lowest BCUT2D eigenvalue weighted by Crippen LogP contribution is -2.47. The van der Waals surface area contributed by atoms with Gasteiger partial charge in [0.25, 0.3) is 11.8 Å². The third-order valence-electron chi connectivity index (χ3n) is 5.94. The summed E-state index contributed by atoms with van der Waals surface area (Å²) in [5, 5.41) is 0. The van der Waals surface area contributed by atoms with Crippen LogP contribution in [0.1, 0.15) is 23.6 Å². The van der Waals surface area contributed by atoms with E-state index in [1.165, 1.54) is 12.1 Å². The summed E-state index contributed by atoms with van der Waals surface area (Å²) < 4.78 is 14.5. The van der Waals surface area contributed by atoms with Crippen LogP contribution in [0.25, 0.3) is 5.57 Å². The Morgan fingerprint density at radius 1 is 0.933 bits per heavy atom. The lowest BCUT2D eigenvalue weighted by Gasteiger charge is -2.36. The van der Waals surface area contributed by atoms with Crippen LogP contribution in [-0.4, -0.2) is 54.3 Å². The zero-order valence-corrected chi connectivity index (χ0v) is 17.6. The predicted molar refractivity (Wildman–Crippen MR) is 115 cm³/mol. The van der Waals surface area contributed by atoms with Gasteiger partial charge in [0, 0.05) is 26.2 Å². The third-order valence-corrected chi connectivity index (χ3v) is 5.94. The molecule has 4 rings (SSSR count). The number of carbonyl (C=O) groups is 2. The Morgan fingerprint density at radius 3 is 2.27 bits per heavy atom. The molecule has 2 aliphatic heterocycles. The average Bonchev–Trinajstić information content (AvgIpc) is 2.99. The largest absolute Gasteiger partial charge is 0.364 e. The van der Waals surface area contributed by atoms with Gasteiger partial charge in [0.2, 0.25) is 0 Å². The normalized spacial score (nSPS) is 18.0. The lowest BCUT2D eigenvalue weighted by atomic mass is 9.97. The Hall–Kier alpha value is -2.99. The van der Waals surface area contributed by atoms with E-state index in [0.29, 0.717) is 24.4 Å². The van der Waals surface area contributed by atoms with Crippen molar-refractivity contribution < 1.29 is 14.0 Å². The molecule has 1 fully saturated rings. The van der Waals surface area contributed by atoms with E-state index in [9.17, 15) is 14.0 Å². The van der Waals surface area contributed by atoms with Crippen molar-refractivity contribution in [2.75, 3.05) is 37.6 Å². The standard InChI is InChI=1S/C24H26FN3O2/c1-4-26-11-13-27(14-12-26)22-21(18-10-9-16(2)15-17(18)3)23(29)28(24(22)30)20-8-6-5-7-19(20)25/h5-10,15H,4,11-14H2,1-3H3. The summed E-state index contributed by atoms with van der Waals surface area (Å²) >= 11 is 0. The zero-order valence-electron chi connectivity index (χ0n) is 17.6. The third kappa shape index (κ3) is 3.41. The number of benzene rings is 2. The second kappa shape index (κ2) is 8.03. The van der Waals surface area contributed by atoms with Crippen LogP contribution in [0.5, 0.6) is 0 Å². The molecule has 0 aromatic heterocycles. The van der Waals surface area contributed by atoms with E-state index in [4.69, 9.17) is 0 Å². The molecule has 0 bridgehead atoms. The smallest absolute Gasteiger partial charge is 0.282 e. The Labute approximate surface area is 176 Å². The summed E-state index contributed by atoms with van der Waals surface area (Å²) in [5.41, 5.74) is 3.48. The first-order valence-corrected chi connectivity index (χ1v) is 10.3. The fourth-order valence-electron chi connectivity index (χ4n) is 4.29. The van der Waals surface area contributed by atoms with Gasteiger partial charge in [-0.2, -0.15) is 0 Å². The predicted octanol–water partition coefficient (Wildman–Crippen LogP) is 3.36. The van der Waals surface area contributed by atoms with E-state index in [0.717, 1.165) is 41.2 Å². The van der Waals surface area contributed by atoms with Crippen molar-refractivity contribution in [1.82, 2.24) is 9.80 Å². The van der Waals surface area contributed by atoms with E-state index in [-0.39, 0.29) is 5.69 Å². The number of nitrogens with zero attached hydrogens (tertiary/aromatic N) is 3. The van der Waals surface area contributed by atoms with Crippen molar-refractivity contribution >= 4 is 23.1 Å². The molecule has 2 aliphatic rings. The van der Waals surface area contributed by atoms with Gasteiger partial charge in [-0.05, 0) is 43.7 Å². The fourth-order valence-corrected chi connectivity index (χ4v) is 4.29. The summed E-state index contributed by atoms with van der Waals surface area (Å²) in [6.45, 7) is 9.94. The summed E-state index contributed by atoms with van der Waals surface area (Å²) in [4.78, 5) is 32.3. The molecule has 1 saturated heterocycles. The number of hydrogen-bond donors (Lipinski definition) is 0. The quantitative estimate of drug-likeness (QED) is 0.729. The Kier molecular flexibility index (Phi) is 5.43. The maximum absolute atomic E-state index is 14.5. The molecule has 5 nitrogen and oxygen atoms in total. The van der Waals surface area contributed by atoms with Crippen LogP contribution in [0, 0.1) is 19.7 Å². The first-order valence-electron chi connectivity index (χ1n) is 10.3. The summed E-state index contributed by atoms with van der Waals surface area (Å²) in [6.07, 6.45) is 0. The summed E-state index contributed by atoms with van der Waals surface area (Å²) in [7, 11) is 0. The molecule has 0 radical (unpaired) electrons. The SMILES string of the molecule is CCN1CCN(C2=C(c3ccc(C)cc3C)C(=O)N(c3ccccc3F)C2=O)CC1. The molecular formula is C24H26FN3O2. The van der Waals surface area contributed by atoms with Crippen molar-refractivity contribution in [2.45, 2.75) is 20.8 Å². The molecule has 6 heteroatoms. The highest BCUT2D eigenvalue weighted by molar-refractivity contribution is 6.45. The van der Waals surface area contributed by atoms with E-state index in [1.54, 1.807) is 12.1 Å². The van der Waals surface area contributed by atoms with Gasteiger partial charge in [0.05, 0.1) is 11.3 Å². The van der Waals surface area contributed by atoms with E-state index >= 15 is 0 Å². The number of para-hydroxylation sites is 1. The number of imide groups is 1. The van der Waals surface area contributed by atoms with E-state index < -0.39 is 17.6 Å². The van der Waals surface area contributed by atoms with Crippen molar-refractivity contribution in [3.05, 3.63) is 70.7 Å². The number of likely N-dealkylation sites (N-methyl/N-ethyl adjacent to an activating group) is 1. The van der Waals surface area contributed by atoms with Crippen LogP contribution in [0.2, 0.25) is 0 Å². The minimum Gasteiger partial charge on any atom is -0.364 e. The van der Waals surface area contributed by atoms with E-state index in [1.807, 2.05) is 36.9 Å². The monoisotopic (exact) mass is 407 g/mol. The van der Waals surface area contributed by atoms with Crippen molar-refractivity contribution in [3.63, 3.8) is 0 Å². The van der Waals surface area contributed by atoms with Crippen LogP contribution >= 0.6 is 0 Å². The molecule has 0 atom stereocenters. The van der Waals surface area contributed by atoms with Crippen molar-refractivity contribution in [2.24, 2.45) is 0 Å². The first kappa shape index (κ1) is 20.3. The van der Waals surface area contributed by atoms with Crippen LogP contribution in [0.4, 0.5) is 10.1 Å². The number of aryl methyl sites for hydroxylation is 2. The summed E-state index contributed by atoms with van der Waals surface area (Å²) in [5.74, 6) is -1.51. The zero-order chi connectivity index (χ0) is 21.4. The molecule has 156 valence electrons. The number of amides is 2. The van der Waals surface area contributed by atoms with Crippen LogP contribution in [0.3, 0.4) is 0 Å². The maximum atomic E-state index is 14.5. The molecule has 2 aromatic carbocycles. The Morgan fingerprint density at radius 2 is 1.63 bits per heavy atom. The molecule has 2 aromatic rings. The fraction of sp³-hybridized carbons (Fsp3) is 0.333. The Bertz CT molecular complexity index is 1040. The minimum atomic E-state index is -0.587. The number of halogens is 1. The molecule has 2 heterocycles. The van der Waals surface area contributed by atoms with Gasteiger partial charge in [0.1, 0.15) is 11.5 Å². The average molecular weight is 407 g/mol. The highest BCUT2D eigenvalue weighted by Crippen LogP contribution is 2.37. The molecule has 0 N–H and O–H groups in total. The van der Waals surface area contributed by atoms with Crippen LogP contribution < -0.4 is 4.90 Å². The number of carbonyl (C=O) groups excluding carboxylic acids is 2. The molecule has 30 heavy (non-hydrogen) atoms. The molecule has 0 unspecified atom stereocenters. The second-order valence-corrected chi connectivity index (χ2v) is 7.86. The molecule has 0 spiro atoms. The highest BCUT2D eigenvalue weighted by Gasteiger charge is 2.44. The minimum absolute atomic E-state index is 0.00282. The van der Waals surface area contributed by atoms with Gasteiger partial charge in [-0.3, -0.25) is 9.59 Å². The van der Waals surface area contributed by atoms with Gasteiger partial charge in [-0.15, -0.1) is 0 Å². The van der Waals surface area contributed by atoms with Crippen molar-refractivity contribution in [1.29, 1.82) is 0 Å². The number of hydrogen-bond acceptors (Lipinski definition) is 4. The van der Waals surface area contributed by atoms with Gasteiger partial charge >= 0.3 is 0 Å². The van der Waals surface area contributed by atoms with E-state index in [2.05, 4.69) is 11.8 Å². The second-order valence-electron chi connectivity index (χ2n) is 7.86. The summed E-state index contributed by atoms with van der Waals surface area (Å²) in [6, 6.07) is 11.7. The lowest BCUT2D eigenvalue weighted by molar-refractivity contribution is -0.120. The van der Waals surface area contributed by atoms with Crippen LogP contribution in [-0.2, 0) is 9.59 Å². The van der Waals surface area contributed by atoms with Gasteiger partial charge in [0.15, 0.2) is 0 Å². The van der Waals surface area contributed by atoms with Gasteiger partial charge in [-0.1, -0.05) is 42.8 Å². The molecule has 2 amide bonds. The van der Waals surface area contributed by atoms with Crippen LogP contribution in [0.15, 0.2) is 48.2 Å². The first-order chi connectivity index (χ1) is 14.4. The molecule has 0 aliphatic carbocycles. The maximum Gasteiger partial charge on any atom is 0.282 e. The number of piperazine rings is 1. The number of anilines is 1. The van der Waals surface area contributed by atoms with Gasteiger partial charge in [-0.25, -0.2) is 9.29 Å². The molecular weight excluding hydrogens is 381 g/mol. The number of rotatable bonds is 4. The van der Waals surface area contributed by atoms with Crippen molar-refractivity contribution in [3.8, 4) is 0 Å². The van der Waals surface area contributed by atoms with Gasteiger partial charge < -0.3 is 9.80 Å². The molecule has 0 saturated carbocycles. The topological polar surface area (TPSA) is 43.9 Å².